The van der Waals surface area contributed by atoms with Crippen molar-refractivity contribution in [2.24, 2.45) is 0 Å². The summed E-state index contributed by atoms with van der Waals surface area (Å²) in [6, 6.07) is 5.35. The highest BCUT2D eigenvalue weighted by Gasteiger charge is 2.14. The molecule has 0 aromatic carbocycles. The van der Waals surface area contributed by atoms with E-state index in [1.165, 1.54) is 34.8 Å². The molecule has 0 saturated heterocycles. The fourth-order valence-corrected chi connectivity index (χ4v) is 3.74. The Bertz CT molecular complexity index is 586. The van der Waals surface area contributed by atoms with Crippen LogP contribution in [0.25, 0.3) is 0 Å². The van der Waals surface area contributed by atoms with E-state index in [-0.39, 0.29) is 5.91 Å². The van der Waals surface area contributed by atoms with Crippen molar-refractivity contribution in [2.45, 2.75) is 38.5 Å². The van der Waals surface area contributed by atoms with Gasteiger partial charge in [0.15, 0.2) is 0 Å². The third-order valence-corrected chi connectivity index (χ3v) is 4.86. The van der Waals surface area contributed by atoms with Crippen LogP contribution < -0.4 is 5.32 Å². The normalized spacial score (nSPS) is 13.7. The number of thiazole rings is 1. The molecule has 0 fully saturated rings. The van der Waals surface area contributed by atoms with Gasteiger partial charge in [-0.3, -0.25) is 9.78 Å². The summed E-state index contributed by atoms with van der Waals surface area (Å²) in [5.74, 6) is -0.103. The highest BCUT2D eigenvalue weighted by molar-refractivity contribution is 7.11. The van der Waals surface area contributed by atoms with Crippen LogP contribution in [0.3, 0.4) is 0 Å². The molecule has 2 aromatic heterocycles. The Kier molecular flexibility index (Phi) is 4.60. The minimum Gasteiger partial charge on any atom is -0.351 e. The molecule has 0 unspecified atom stereocenters. The van der Waals surface area contributed by atoms with Gasteiger partial charge in [-0.25, -0.2) is 4.98 Å². The van der Waals surface area contributed by atoms with E-state index in [0.29, 0.717) is 12.2 Å². The standard InChI is InChI=1S/C16H19N3OS/c20-16(13-7-3-4-10-17-13)18-11-5-9-15-19-12-6-1-2-8-14(12)21-15/h3-4,7,10H,1-2,5-6,8-9,11H2,(H,18,20). The predicted molar refractivity (Wildman–Crippen MR) is 83.6 cm³/mol. The molecule has 2 aromatic rings. The van der Waals surface area contributed by atoms with Crippen LogP contribution in [0, 0.1) is 0 Å². The summed E-state index contributed by atoms with van der Waals surface area (Å²) in [6.45, 7) is 0.666. The third kappa shape index (κ3) is 3.67. The Morgan fingerprint density at radius 3 is 3.00 bits per heavy atom. The van der Waals surface area contributed by atoms with Crippen LogP contribution in [-0.4, -0.2) is 22.4 Å². The van der Waals surface area contributed by atoms with E-state index in [1.807, 2.05) is 17.4 Å². The van der Waals surface area contributed by atoms with E-state index in [4.69, 9.17) is 4.98 Å². The van der Waals surface area contributed by atoms with Crippen LogP contribution in [0.2, 0.25) is 0 Å². The summed E-state index contributed by atoms with van der Waals surface area (Å²) in [7, 11) is 0. The number of nitrogens with zero attached hydrogens (tertiary/aromatic N) is 2. The molecular formula is C16H19N3OS. The summed E-state index contributed by atoms with van der Waals surface area (Å²) in [5.41, 5.74) is 1.79. The number of hydrogen-bond donors (Lipinski definition) is 1. The summed E-state index contributed by atoms with van der Waals surface area (Å²) < 4.78 is 0. The largest absolute Gasteiger partial charge is 0.351 e. The maximum absolute atomic E-state index is 11.8. The molecule has 110 valence electrons. The fraction of sp³-hybridized carbons (Fsp3) is 0.438. The average molecular weight is 301 g/mol. The smallest absolute Gasteiger partial charge is 0.269 e. The Morgan fingerprint density at radius 1 is 1.29 bits per heavy atom. The molecule has 0 atom stereocenters. The van der Waals surface area contributed by atoms with E-state index in [9.17, 15) is 4.79 Å². The number of aryl methyl sites for hydroxylation is 3. The zero-order chi connectivity index (χ0) is 14.5. The van der Waals surface area contributed by atoms with Crippen LogP contribution >= 0.6 is 11.3 Å². The van der Waals surface area contributed by atoms with E-state index >= 15 is 0 Å². The number of pyridine rings is 1. The van der Waals surface area contributed by atoms with Crippen molar-refractivity contribution in [1.82, 2.24) is 15.3 Å². The maximum atomic E-state index is 11.8. The van der Waals surface area contributed by atoms with Crippen LogP contribution in [0.15, 0.2) is 24.4 Å². The molecule has 4 nitrogen and oxygen atoms in total. The van der Waals surface area contributed by atoms with Crippen molar-refractivity contribution < 1.29 is 4.79 Å². The molecule has 0 spiro atoms. The van der Waals surface area contributed by atoms with Crippen LogP contribution in [0.5, 0.6) is 0 Å². The number of rotatable bonds is 5. The molecule has 1 N–H and O–H groups in total. The molecular weight excluding hydrogens is 282 g/mol. The molecule has 21 heavy (non-hydrogen) atoms. The number of aromatic nitrogens is 2. The van der Waals surface area contributed by atoms with Gasteiger partial charge in [0.05, 0.1) is 10.7 Å². The van der Waals surface area contributed by atoms with E-state index in [0.717, 1.165) is 19.3 Å². The summed E-state index contributed by atoms with van der Waals surface area (Å²) in [4.78, 5) is 22.1. The monoisotopic (exact) mass is 301 g/mol. The summed E-state index contributed by atoms with van der Waals surface area (Å²) >= 11 is 1.85. The first-order valence-electron chi connectivity index (χ1n) is 7.49. The van der Waals surface area contributed by atoms with Gasteiger partial charge < -0.3 is 5.32 Å². The Balaban J connectivity index is 1.44. The minimum absolute atomic E-state index is 0.103. The topological polar surface area (TPSA) is 54.9 Å². The van der Waals surface area contributed by atoms with Crippen molar-refractivity contribution in [3.05, 3.63) is 45.7 Å². The first kappa shape index (κ1) is 14.2. The summed E-state index contributed by atoms with van der Waals surface area (Å²) in [5, 5.41) is 4.12. The molecule has 0 aliphatic heterocycles. The third-order valence-electron chi connectivity index (χ3n) is 3.64. The van der Waals surface area contributed by atoms with E-state index in [1.54, 1.807) is 18.3 Å². The second-order valence-electron chi connectivity index (χ2n) is 5.26. The second kappa shape index (κ2) is 6.80. The molecule has 1 aliphatic carbocycles. The van der Waals surface area contributed by atoms with Crippen LogP contribution in [0.1, 0.15) is 45.3 Å². The molecule has 3 rings (SSSR count). The van der Waals surface area contributed by atoms with Crippen molar-refractivity contribution in [2.75, 3.05) is 6.54 Å². The van der Waals surface area contributed by atoms with Crippen molar-refractivity contribution in [3.63, 3.8) is 0 Å². The summed E-state index contributed by atoms with van der Waals surface area (Å²) in [6.07, 6.45) is 8.41. The molecule has 1 aliphatic rings. The van der Waals surface area contributed by atoms with Gasteiger partial charge in [0.1, 0.15) is 5.69 Å². The number of fused-ring (bicyclic) bond motifs is 1. The molecule has 0 saturated carbocycles. The number of carbonyl (C=O) groups excluding carboxylic acids is 1. The van der Waals surface area contributed by atoms with Gasteiger partial charge >= 0.3 is 0 Å². The number of amides is 1. The van der Waals surface area contributed by atoms with Gasteiger partial charge in [0.2, 0.25) is 0 Å². The van der Waals surface area contributed by atoms with Gasteiger partial charge in [-0.2, -0.15) is 0 Å². The molecule has 0 radical (unpaired) electrons. The zero-order valence-electron chi connectivity index (χ0n) is 12.0. The SMILES string of the molecule is O=C(NCCCc1nc2c(s1)CCCC2)c1ccccn1. The first-order chi connectivity index (χ1) is 10.3. The van der Waals surface area contributed by atoms with Gasteiger partial charge in [-0.05, 0) is 44.2 Å². The van der Waals surface area contributed by atoms with Gasteiger partial charge in [0.25, 0.3) is 5.91 Å². The highest BCUT2D eigenvalue weighted by Crippen LogP contribution is 2.27. The minimum atomic E-state index is -0.103. The number of hydrogen-bond acceptors (Lipinski definition) is 4. The lowest BCUT2D eigenvalue weighted by atomic mass is 10.0. The Morgan fingerprint density at radius 2 is 2.19 bits per heavy atom. The molecule has 5 heteroatoms. The molecule has 1 amide bonds. The van der Waals surface area contributed by atoms with Crippen molar-refractivity contribution in [1.29, 1.82) is 0 Å². The first-order valence-corrected chi connectivity index (χ1v) is 8.31. The van der Waals surface area contributed by atoms with E-state index < -0.39 is 0 Å². The lowest BCUT2D eigenvalue weighted by Crippen LogP contribution is -2.25. The van der Waals surface area contributed by atoms with Crippen molar-refractivity contribution in [3.8, 4) is 0 Å². The predicted octanol–water partition coefficient (Wildman–Crippen LogP) is 2.78. The second-order valence-corrected chi connectivity index (χ2v) is 6.43. The van der Waals surface area contributed by atoms with E-state index in [2.05, 4.69) is 10.3 Å². The highest BCUT2D eigenvalue weighted by atomic mass is 32.1. The molecule has 0 bridgehead atoms. The molecule has 2 heterocycles. The zero-order valence-corrected chi connectivity index (χ0v) is 12.8. The van der Waals surface area contributed by atoms with Gasteiger partial charge in [0, 0.05) is 24.0 Å². The Labute approximate surface area is 128 Å². The fourth-order valence-electron chi connectivity index (χ4n) is 2.54. The van der Waals surface area contributed by atoms with Gasteiger partial charge in [-0.15, -0.1) is 11.3 Å². The maximum Gasteiger partial charge on any atom is 0.269 e. The lowest BCUT2D eigenvalue weighted by Gasteiger charge is -2.06. The Hall–Kier alpha value is -1.75. The number of nitrogens with one attached hydrogen (secondary N) is 1. The number of carbonyl (C=O) groups is 1. The van der Waals surface area contributed by atoms with Crippen LogP contribution in [-0.2, 0) is 19.3 Å². The lowest BCUT2D eigenvalue weighted by molar-refractivity contribution is 0.0948. The average Bonchev–Trinajstić information content (AvgIpc) is 2.95. The van der Waals surface area contributed by atoms with Crippen molar-refractivity contribution >= 4 is 17.2 Å². The quantitative estimate of drug-likeness (QED) is 0.864. The van der Waals surface area contributed by atoms with Crippen LogP contribution in [0.4, 0.5) is 0 Å². The van der Waals surface area contributed by atoms with Gasteiger partial charge in [-0.1, -0.05) is 6.07 Å².